The van der Waals surface area contributed by atoms with Crippen LogP contribution in [0.5, 0.6) is 0 Å². The molecule has 0 saturated heterocycles. The quantitative estimate of drug-likeness (QED) is 0.389. The summed E-state index contributed by atoms with van der Waals surface area (Å²) in [6.45, 7) is 1.16. The van der Waals surface area contributed by atoms with Gasteiger partial charge in [0.05, 0.1) is 7.11 Å². The molecule has 6 heteroatoms. The fourth-order valence-electron chi connectivity index (χ4n) is 1.52. The highest BCUT2D eigenvalue weighted by molar-refractivity contribution is 5.93. The van der Waals surface area contributed by atoms with Gasteiger partial charge >= 0.3 is 11.9 Å². The number of carbonyl (C=O) groups is 2. The number of nitriles is 1. The minimum Gasteiger partial charge on any atom is -0.507 e. The molecule has 1 aromatic rings. The average molecular weight is 275 g/mol. The predicted octanol–water partition coefficient (Wildman–Crippen LogP) is 1.80. The molecule has 0 heterocycles. The molecule has 0 fully saturated rings. The molecule has 0 spiro atoms. The lowest BCUT2D eigenvalue weighted by Crippen LogP contribution is -2.16. The number of carbonyl (C=O) groups excluding carboxylic acids is 2. The Bertz CT molecular complexity index is 571. The lowest BCUT2D eigenvalue weighted by molar-refractivity contribution is -0.147. The number of aliphatic hydroxyl groups excluding tert-OH is 1. The van der Waals surface area contributed by atoms with Gasteiger partial charge in [-0.25, -0.2) is 4.79 Å². The minimum atomic E-state index is -1.23. The van der Waals surface area contributed by atoms with Crippen LogP contribution < -0.4 is 0 Å². The fourth-order valence-corrected chi connectivity index (χ4v) is 1.52. The molecule has 1 rings (SSSR count). The van der Waals surface area contributed by atoms with E-state index in [4.69, 9.17) is 10.00 Å². The Kier molecular flexibility index (Phi) is 5.30. The maximum absolute atomic E-state index is 11.4. The van der Waals surface area contributed by atoms with E-state index in [1.54, 1.807) is 30.3 Å². The number of aliphatic hydroxyl groups is 1. The molecule has 0 saturated carbocycles. The zero-order chi connectivity index (χ0) is 15.1. The standard InChI is InChI=1S/C14H13NO5/c1-9(16)20-13(10-6-4-3-5-7-10)12(17)11(8-15)14(18)19-2/h3-7,13,17H,1-2H3/b12-11+/t13-/m0/s1. The molecular weight excluding hydrogens is 262 g/mol. The third-order valence-electron chi connectivity index (χ3n) is 2.39. The third-order valence-corrected chi connectivity index (χ3v) is 2.39. The lowest BCUT2D eigenvalue weighted by atomic mass is 10.0. The van der Waals surface area contributed by atoms with E-state index < -0.39 is 29.4 Å². The zero-order valence-electron chi connectivity index (χ0n) is 11.0. The van der Waals surface area contributed by atoms with E-state index in [2.05, 4.69) is 4.74 Å². The Morgan fingerprint density at radius 3 is 2.35 bits per heavy atom. The van der Waals surface area contributed by atoms with Crippen molar-refractivity contribution in [2.45, 2.75) is 13.0 Å². The summed E-state index contributed by atoms with van der Waals surface area (Å²) in [7, 11) is 1.08. The van der Waals surface area contributed by atoms with Gasteiger partial charge in [-0.1, -0.05) is 30.3 Å². The van der Waals surface area contributed by atoms with E-state index >= 15 is 0 Å². The summed E-state index contributed by atoms with van der Waals surface area (Å²) >= 11 is 0. The largest absolute Gasteiger partial charge is 0.507 e. The number of esters is 2. The van der Waals surface area contributed by atoms with Crippen molar-refractivity contribution < 1.29 is 24.2 Å². The molecule has 0 aliphatic carbocycles. The van der Waals surface area contributed by atoms with Gasteiger partial charge in [-0.3, -0.25) is 4.79 Å². The van der Waals surface area contributed by atoms with Crippen LogP contribution in [-0.4, -0.2) is 24.2 Å². The first kappa shape index (κ1) is 15.2. The van der Waals surface area contributed by atoms with Crippen molar-refractivity contribution in [1.82, 2.24) is 0 Å². The first-order valence-electron chi connectivity index (χ1n) is 5.65. The van der Waals surface area contributed by atoms with Crippen LogP contribution in [0.1, 0.15) is 18.6 Å². The summed E-state index contributed by atoms with van der Waals surface area (Å²) < 4.78 is 9.37. The molecule has 0 unspecified atom stereocenters. The number of rotatable bonds is 4. The average Bonchev–Trinajstić information content (AvgIpc) is 2.45. The highest BCUT2D eigenvalue weighted by atomic mass is 16.6. The Balaban J connectivity index is 3.31. The van der Waals surface area contributed by atoms with Crippen molar-refractivity contribution in [1.29, 1.82) is 5.26 Å². The van der Waals surface area contributed by atoms with E-state index in [0.29, 0.717) is 5.56 Å². The molecule has 1 aromatic carbocycles. The van der Waals surface area contributed by atoms with Crippen LogP contribution in [0.25, 0.3) is 0 Å². The SMILES string of the molecule is COC(=O)/C(C#N)=C(/O)[C@@H](OC(C)=O)c1ccccc1. The van der Waals surface area contributed by atoms with Crippen molar-refractivity contribution >= 4 is 11.9 Å². The first-order chi connectivity index (χ1) is 9.51. The maximum Gasteiger partial charge on any atom is 0.352 e. The Labute approximate surface area is 115 Å². The number of nitrogens with zero attached hydrogens (tertiary/aromatic N) is 1. The fraction of sp³-hybridized carbons (Fsp3) is 0.214. The van der Waals surface area contributed by atoms with Crippen LogP contribution in [-0.2, 0) is 19.1 Å². The first-order valence-corrected chi connectivity index (χ1v) is 5.65. The van der Waals surface area contributed by atoms with Crippen LogP contribution in [0.3, 0.4) is 0 Å². The highest BCUT2D eigenvalue weighted by Gasteiger charge is 2.26. The van der Waals surface area contributed by atoms with Crippen LogP contribution in [0.15, 0.2) is 41.7 Å². The minimum absolute atomic E-state index is 0.428. The second-order valence-electron chi connectivity index (χ2n) is 3.76. The summed E-state index contributed by atoms with van der Waals surface area (Å²) in [6.07, 6.45) is -1.23. The van der Waals surface area contributed by atoms with Gasteiger partial charge in [-0.05, 0) is 0 Å². The molecule has 1 N–H and O–H groups in total. The van der Waals surface area contributed by atoms with Gasteiger partial charge in [0, 0.05) is 12.5 Å². The number of hydrogen-bond acceptors (Lipinski definition) is 6. The van der Waals surface area contributed by atoms with Crippen LogP contribution >= 0.6 is 0 Å². The van der Waals surface area contributed by atoms with Gasteiger partial charge in [-0.15, -0.1) is 0 Å². The van der Waals surface area contributed by atoms with Crippen LogP contribution in [0.2, 0.25) is 0 Å². The van der Waals surface area contributed by atoms with Crippen LogP contribution in [0.4, 0.5) is 0 Å². The molecule has 20 heavy (non-hydrogen) atoms. The normalized spacial score (nSPS) is 12.7. The van der Waals surface area contributed by atoms with E-state index in [9.17, 15) is 14.7 Å². The lowest BCUT2D eigenvalue weighted by Gasteiger charge is -2.17. The van der Waals surface area contributed by atoms with Crippen molar-refractivity contribution in [2.75, 3.05) is 7.11 Å². The molecule has 0 radical (unpaired) electrons. The molecule has 104 valence electrons. The second-order valence-corrected chi connectivity index (χ2v) is 3.76. The van der Waals surface area contributed by atoms with E-state index in [1.807, 2.05) is 0 Å². The van der Waals surface area contributed by atoms with E-state index in [-0.39, 0.29) is 0 Å². The summed E-state index contributed by atoms with van der Waals surface area (Å²) in [6, 6.07) is 9.80. The molecule has 0 aliphatic heterocycles. The van der Waals surface area contributed by atoms with Crippen molar-refractivity contribution in [2.24, 2.45) is 0 Å². The van der Waals surface area contributed by atoms with E-state index in [0.717, 1.165) is 14.0 Å². The molecule has 0 bridgehead atoms. The number of methoxy groups -OCH3 is 1. The van der Waals surface area contributed by atoms with Crippen molar-refractivity contribution in [3.8, 4) is 6.07 Å². The zero-order valence-corrected chi connectivity index (χ0v) is 11.0. The van der Waals surface area contributed by atoms with Crippen molar-refractivity contribution in [3.63, 3.8) is 0 Å². The summed E-state index contributed by atoms with van der Waals surface area (Å²) in [5, 5.41) is 19.0. The van der Waals surface area contributed by atoms with Gasteiger partial charge < -0.3 is 14.6 Å². The van der Waals surface area contributed by atoms with Gasteiger partial charge in [0.1, 0.15) is 6.07 Å². The smallest absolute Gasteiger partial charge is 0.352 e. The molecule has 0 amide bonds. The maximum atomic E-state index is 11.4. The van der Waals surface area contributed by atoms with Gasteiger partial charge in [0.25, 0.3) is 0 Å². The third kappa shape index (κ3) is 3.59. The predicted molar refractivity (Wildman–Crippen MR) is 68.2 cm³/mol. The van der Waals surface area contributed by atoms with Crippen molar-refractivity contribution in [3.05, 3.63) is 47.2 Å². The highest BCUT2D eigenvalue weighted by Crippen LogP contribution is 2.26. The number of benzene rings is 1. The molecule has 0 aliphatic rings. The molecule has 0 aromatic heterocycles. The Morgan fingerprint density at radius 2 is 1.90 bits per heavy atom. The number of hydrogen-bond donors (Lipinski definition) is 1. The van der Waals surface area contributed by atoms with E-state index in [1.165, 1.54) is 6.07 Å². The summed E-state index contributed by atoms with van der Waals surface area (Å²) in [5.41, 5.74) is -0.181. The Morgan fingerprint density at radius 1 is 1.30 bits per heavy atom. The monoisotopic (exact) mass is 275 g/mol. The van der Waals surface area contributed by atoms with Gasteiger partial charge in [0.15, 0.2) is 17.4 Å². The summed E-state index contributed by atoms with van der Waals surface area (Å²) in [5.74, 6) is -2.33. The second kappa shape index (κ2) is 6.95. The topological polar surface area (TPSA) is 96.6 Å². The molecule has 6 nitrogen and oxygen atoms in total. The molecular formula is C14H13NO5. The molecule has 1 atom stereocenters. The Hall–Kier alpha value is -2.81. The van der Waals surface area contributed by atoms with Gasteiger partial charge in [0.2, 0.25) is 0 Å². The van der Waals surface area contributed by atoms with Crippen LogP contribution in [0, 0.1) is 11.3 Å². The number of ether oxygens (including phenoxy) is 2. The summed E-state index contributed by atoms with van der Waals surface area (Å²) in [4.78, 5) is 22.5. The van der Waals surface area contributed by atoms with Gasteiger partial charge in [-0.2, -0.15) is 5.26 Å².